The van der Waals surface area contributed by atoms with Crippen molar-refractivity contribution < 1.29 is 13.2 Å². The molecule has 0 saturated carbocycles. The SMILES string of the molecule is CCCCCCCCOCC(CCC)CS(N)(=O)=O. The van der Waals surface area contributed by atoms with E-state index in [9.17, 15) is 8.42 Å². The molecule has 0 aromatic carbocycles. The minimum atomic E-state index is -3.38. The van der Waals surface area contributed by atoms with Crippen LogP contribution in [0.25, 0.3) is 0 Å². The van der Waals surface area contributed by atoms with Crippen LogP contribution in [0.1, 0.15) is 65.2 Å². The summed E-state index contributed by atoms with van der Waals surface area (Å²) in [6.07, 6.45) is 9.24. The van der Waals surface area contributed by atoms with Gasteiger partial charge in [-0.2, -0.15) is 0 Å². The van der Waals surface area contributed by atoms with Gasteiger partial charge < -0.3 is 4.74 Å². The Morgan fingerprint density at radius 2 is 1.63 bits per heavy atom. The third-order valence-electron chi connectivity index (χ3n) is 3.16. The van der Waals surface area contributed by atoms with Crippen molar-refractivity contribution in [2.75, 3.05) is 19.0 Å². The van der Waals surface area contributed by atoms with Gasteiger partial charge in [0.25, 0.3) is 0 Å². The van der Waals surface area contributed by atoms with Crippen molar-refractivity contribution in [3.63, 3.8) is 0 Å². The summed E-state index contributed by atoms with van der Waals surface area (Å²) in [5, 5.41) is 5.08. The molecule has 0 rings (SSSR count). The van der Waals surface area contributed by atoms with Gasteiger partial charge in [0.2, 0.25) is 10.0 Å². The Morgan fingerprint density at radius 3 is 2.21 bits per heavy atom. The van der Waals surface area contributed by atoms with Crippen LogP contribution in [0.5, 0.6) is 0 Å². The average Bonchev–Trinajstić information content (AvgIpc) is 2.31. The van der Waals surface area contributed by atoms with Gasteiger partial charge >= 0.3 is 0 Å². The predicted molar refractivity (Wildman–Crippen MR) is 80.6 cm³/mol. The average molecular weight is 293 g/mol. The molecule has 0 aliphatic carbocycles. The molecule has 0 saturated heterocycles. The Labute approximate surface area is 119 Å². The summed E-state index contributed by atoms with van der Waals surface area (Å²) in [7, 11) is -3.38. The number of sulfonamides is 1. The van der Waals surface area contributed by atoms with Crippen LogP contribution in [0.3, 0.4) is 0 Å². The van der Waals surface area contributed by atoms with Crippen LogP contribution in [-0.4, -0.2) is 27.4 Å². The van der Waals surface area contributed by atoms with E-state index in [-0.39, 0.29) is 11.7 Å². The molecule has 0 aromatic rings. The molecule has 19 heavy (non-hydrogen) atoms. The summed E-state index contributed by atoms with van der Waals surface area (Å²) in [5.41, 5.74) is 0. The van der Waals surface area contributed by atoms with Crippen LogP contribution in [0.4, 0.5) is 0 Å². The monoisotopic (exact) mass is 293 g/mol. The summed E-state index contributed by atoms with van der Waals surface area (Å²) >= 11 is 0. The van der Waals surface area contributed by atoms with E-state index in [1.165, 1.54) is 32.1 Å². The maximum Gasteiger partial charge on any atom is 0.209 e. The Balaban J connectivity index is 3.59. The van der Waals surface area contributed by atoms with Crippen molar-refractivity contribution in [3.05, 3.63) is 0 Å². The lowest BCUT2D eigenvalue weighted by Crippen LogP contribution is -2.26. The highest BCUT2D eigenvalue weighted by atomic mass is 32.2. The van der Waals surface area contributed by atoms with Gasteiger partial charge in [-0.25, -0.2) is 13.6 Å². The molecule has 5 heteroatoms. The number of rotatable bonds is 13. The quantitative estimate of drug-likeness (QED) is 0.531. The molecule has 1 unspecified atom stereocenters. The van der Waals surface area contributed by atoms with Crippen molar-refractivity contribution in [2.24, 2.45) is 11.1 Å². The molecule has 4 nitrogen and oxygen atoms in total. The van der Waals surface area contributed by atoms with Crippen LogP contribution in [0.2, 0.25) is 0 Å². The van der Waals surface area contributed by atoms with E-state index in [2.05, 4.69) is 6.92 Å². The maximum absolute atomic E-state index is 11.1. The van der Waals surface area contributed by atoms with Gasteiger partial charge in [-0.3, -0.25) is 0 Å². The minimum absolute atomic E-state index is 0.0390. The molecular formula is C14H31NO3S. The van der Waals surface area contributed by atoms with Crippen molar-refractivity contribution in [1.82, 2.24) is 0 Å². The van der Waals surface area contributed by atoms with Gasteiger partial charge in [0, 0.05) is 6.61 Å². The van der Waals surface area contributed by atoms with E-state index >= 15 is 0 Å². The standard InChI is InChI=1S/C14H31NO3S/c1-3-5-6-7-8-9-11-18-12-14(10-4-2)13-19(15,16)17/h14H,3-13H2,1-2H3,(H2,15,16,17). The Kier molecular flexibility index (Phi) is 11.6. The number of hydrogen-bond acceptors (Lipinski definition) is 3. The molecule has 0 radical (unpaired) electrons. The highest BCUT2D eigenvalue weighted by molar-refractivity contribution is 7.89. The third kappa shape index (κ3) is 14.1. The zero-order chi connectivity index (χ0) is 14.6. The van der Waals surface area contributed by atoms with Crippen LogP contribution >= 0.6 is 0 Å². The number of ether oxygens (including phenoxy) is 1. The van der Waals surface area contributed by atoms with Crippen LogP contribution in [0, 0.1) is 5.92 Å². The topological polar surface area (TPSA) is 69.4 Å². The molecule has 116 valence electrons. The van der Waals surface area contributed by atoms with Gasteiger partial charge in [-0.1, -0.05) is 52.4 Å². The molecule has 0 bridgehead atoms. The van der Waals surface area contributed by atoms with E-state index in [4.69, 9.17) is 9.88 Å². The van der Waals surface area contributed by atoms with Crippen molar-refractivity contribution in [2.45, 2.75) is 65.2 Å². The second-order valence-electron chi connectivity index (χ2n) is 5.33. The third-order valence-corrected chi connectivity index (χ3v) is 4.10. The molecule has 0 amide bonds. The fourth-order valence-corrected chi connectivity index (χ4v) is 3.11. The fourth-order valence-electron chi connectivity index (χ4n) is 2.19. The molecule has 0 spiro atoms. The Morgan fingerprint density at radius 1 is 1.00 bits per heavy atom. The van der Waals surface area contributed by atoms with Gasteiger partial charge in [0.15, 0.2) is 0 Å². The second kappa shape index (κ2) is 11.7. The Bertz CT molecular complexity index is 291. The maximum atomic E-state index is 11.1. The summed E-state index contributed by atoms with van der Waals surface area (Å²) in [5.74, 6) is 0.0808. The van der Waals surface area contributed by atoms with Gasteiger partial charge in [-0.15, -0.1) is 0 Å². The molecule has 0 fully saturated rings. The highest BCUT2D eigenvalue weighted by Gasteiger charge is 2.15. The van der Waals surface area contributed by atoms with Crippen molar-refractivity contribution >= 4 is 10.0 Å². The molecule has 0 aromatic heterocycles. The van der Waals surface area contributed by atoms with Crippen LogP contribution in [0.15, 0.2) is 0 Å². The van der Waals surface area contributed by atoms with Crippen LogP contribution in [-0.2, 0) is 14.8 Å². The molecule has 0 heterocycles. The number of nitrogens with two attached hydrogens (primary N) is 1. The number of primary sulfonamides is 1. The lowest BCUT2D eigenvalue weighted by atomic mass is 10.1. The van der Waals surface area contributed by atoms with E-state index in [1.54, 1.807) is 0 Å². The lowest BCUT2D eigenvalue weighted by molar-refractivity contribution is 0.0991. The van der Waals surface area contributed by atoms with Crippen LogP contribution < -0.4 is 5.14 Å². The van der Waals surface area contributed by atoms with E-state index in [1.807, 2.05) is 6.92 Å². The largest absolute Gasteiger partial charge is 0.381 e. The lowest BCUT2D eigenvalue weighted by Gasteiger charge is -2.15. The van der Waals surface area contributed by atoms with E-state index < -0.39 is 10.0 Å². The first-order valence-electron chi connectivity index (χ1n) is 7.57. The first-order chi connectivity index (χ1) is 8.99. The smallest absolute Gasteiger partial charge is 0.209 e. The van der Waals surface area contributed by atoms with Gasteiger partial charge in [0.05, 0.1) is 12.4 Å². The number of unbranched alkanes of at least 4 members (excludes halogenated alkanes) is 5. The summed E-state index contributed by atoms with van der Waals surface area (Å²) in [6.45, 7) is 5.50. The normalized spacial score (nSPS) is 13.6. The van der Waals surface area contributed by atoms with Crippen molar-refractivity contribution in [1.29, 1.82) is 0 Å². The summed E-state index contributed by atoms with van der Waals surface area (Å²) in [4.78, 5) is 0. The highest BCUT2D eigenvalue weighted by Crippen LogP contribution is 2.10. The first-order valence-corrected chi connectivity index (χ1v) is 9.29. The molecular weight excluding hydrogens is 262 g/mol. The van der Waals surface area contributed by atoms with Gasteiger partial charge in [-0.05, 0) is 18.8 Å². The number of hydrogen-bond donors (Lipinski definition) is 1. The Hall–Kier alpha value is -0.130. The zero-order valence-corrected chi connectivity index (χ0v) is 13.4. The van der Waals surface area contributed by atoms with E-state index in [0.717, 1.165) is 25.9 Å². The predicted octanol–water partition coefficient (Wildman–Crippen LogP) is 3.07. The van der Waals surface area contributed by atoms with Gasteiger partial charge in [0.1, 0.15) is 0 Å². The summed E-state index contributed by atoms with van der Waals surface area (Å²) in [6, 6.07) is 0. The molecule has 2 N–H and O–H groups in total. The summed E-state index contributed by atoms with van der Waals surface area (Å²) < 4.78 is 27.7. The van der Waals surface area contributed by atoms with Crippen molar-refractivity contribution in [3.8, 4) is 0 Å². The molecule has 0 aliphatic rings. The molecule has 1 atom stereocenters. The second-order valence-corrected chi connectivity index (χ2v) is 6.99. The molecule has 0 aliphatic heterocycles. The van der Waals surface area contributed by atoms with E-state index in [0.29, 0.717) is 6.61 Å². The zero-order valence-electron chi connectivity index (χ0n) is 12.6. The first kappa shape index (κ1) is 18.9. The fraction of sp³-hybridized carbons (Fsp3) is 1.00. The minimum Gasteiger partial charge on any atom is -0.381 e.